The van der Waals surface area contributed by atoms with E-state index < -0.39 is 0 Å². The smallest absolute Gasteiger partial charge is 0.126 e. The van der Waals surface area contributed by atoms with Crippen LogP contribution in [0.15, 0.2) is 18.2 Å². The zero-order valence-corrected chi connectivity index (χ0v) is 12.1. The minimum atomic E-state index is 0.723. The van der Waals surface area contributed by atoms with Gasteiger partial charge in [-0.15, -0.1) is 0 Å². The molecule has 3 heteroatoms. The Kier molecular flexibility index (Phi) is 5.67. The standard InChI is InChI=1S/C16H25NO2/c1-3-18-10-5-11-19-16-13(2)6-4-7-14(16)12-17-15-8-9-15/h4,6-7,15,17H,3,5,8-12H2,1-2H3. The number of para-hydroxylation sites is 1. The van der Waals surface area contributed by atoms with Crippen LogP contribution in [0.25, 0.3) is 0 Å². The molecule has 0 unspecified atom stereocenters. The maximum atomic E-state index is 5.95. The van der Waals surface area contributed by atoms with E-state index in [0.717, 1.165) is 44.6 Å². The zero-order chi connectivity index (χ0) is 13.5. The molecule has 1 fully saturated rings. The van der Waals surface area contributed by atoms with Gasteiger partial charge in [-0.2, -0.15) is 0 Å². The van der Waals surface area contributed by atoms with Crippen molar-refractivity contribution in [3.05, 3.63) is 29.3 Å². The Balaban J connectivity index is 1.84. The molecule has 1 saturated carbocycles. The van der Waals surface area contributed by atoms with Crippen LogP contribution in [0.5, 0.6) is 5.75 Å². The highest BCUT2D eigenvalue weighted by atomic mass is 16.5. The summed E-state index contributed by atoms with van der Waals surface area (Å²) in [5.41, 5.74) is 2.48. The topological polar surface area (TPSA) is 30.5 Å². The summed E-state index contributed by atoms with van der Waals surface area (Å²) in [7, 11) is 0. The lowest BCUT2D eigenvalue weighted by molar-refractivity contribution is 0.130. The minimum Gasteiger partial charge on any atom is -0.493 e. The van der Waals surface area contributed by atoms with E-state index in [4.69, 9.17) is 9.47 Å². The van der Waals surface area contributed by atoms with E-state index in [2.05, 4.69) is 30.4 Å². The monoisotopic (exact) mass is 263 g/mol. The second-order valence-electron chi connectivity index (χ2n) is 5.12. The molecular formula is C16H25NO2. The molecular weight excluding hydrogens is 238 g/mol. The molecule has 3 nitrogen and oxygen atoms in total. The van der Waals surface area contributed by atoms with Crippen molar-refractivity contribution < 1.29 is 9.47 Å². The number of hydrogen-bond acceptors (Lipinski definition) is 3. The Bertz CT molecular complexity index is 388. The quantitative estimate of drug-likeness (QED) is 0.695. The fourth-order valence-electron chi connectivity index (χ4n) is 2.08. The SMILES string of the molecule is CCOCCCOc1c(C)cccc1CNC1CC1. The summed E-state index contributed by atoms with van der Waals surface area (Å²) in [5.74, 6) is 1.05. The zero-order valence-electron chi connectivity index (χ0n) is 12.1. The normalized spacial score (nSPS) is 14.6. The lowest BCUT2D eigenvalue weighted by Gasteiger charge is -2.14. The van der Waals surface area contributed by atoms with Gasteiger partial charge in [0, 0.05) is 37.8 Å². The molecule has 0 atom stereocenters. The van der Waals surface area contributed by atoms with Gasteiger partial charge in [-0.05, 0) is 32.3 Å². The Morgan fingerprint density at radius 1 is 1.26 bits per heavy atom. The van der Waals surface area contributed by atoms with Gasteiger partial charge in [0.05, 0.1) is 6.61 Å². The van der Waals surface area contributed by atoms with E-state index in [-0.39, 0.29) is 0 Å². The Hall–Kier alpha value is -1.06. The van der Waals surface area contributed by atoms with Crippen LogP contribution in [0.4, 0.5) is 0 Å². The second-order valence-corrected chi connectivity index (χ2v) is 5.12. The first-order valence-corrected chi connectivity index (χ1v) is 7.33. The molecule has 0 aromatic heterocycles. The van der Waals surface area contributed by atoms with Gasteiger partial charge >= 0.3 is 0 Å². The van der Waals surface area contributed by atoms with Crippen molar-refractivity contribution in [1.82, 2.24) is 5.32 Å². The van der Waals surface area contributed by atoms with Crippen LogP contribution in [-0.2, 0) is 11.3 Å². The maximum absolute atomic E-state index is 5.95. The summed E-state index contributed by atoms with van der Waals surface area (Å²) in [5, 5.41) is 3.55. The van der Waals surface area contributed by atoms with Crippen LogP contribution in [0.2, 0.25) is 0 Å². The Morgan fingerprint density at radius 2 is 2.11 bits per heavy atom. The summed E-state index contributed by atoms with van der Waals surface area (Å²) in [4.78, 5) is 0. The fraction of sp³-hybridized carbons (Fsp3) is 0.625. The second kappa shape index (κ2) is 7.51. The molecule has 1 N–H and O–H groups in total. The van der Waals surface area contributed by atoms with Crippen LogP contribution in [0, 0.1) is 6.92 Å². The number of nitrogens with one attached hydrogen (secondary N) is 1. The van der Waals surface area contributed by atoms with Gasteiger partial charge in [0.2, 0.25) is 0 Å². The molecule has 0 aliphatic heterocycles. The fourth-order valence-corrected chi connectivity index (χ4v) is 2.08. The third-order valence-corrected chi connectivity index (χ3v) is 3.34. The lowest BCUT2D eigenvalue weighted by atomic mass is 10.1. The molecule has 0 amide bonds. The average Bonchev–Trinajstić information content (AvgIpc) is 3.22. The third-order valence-electron chi connectivity index (χ3n) is 3.34. The van der Waals surface area contributed by atoms with E-state index in [1.807, 2.05) is 6.92 Å². The first-order valence-electron chi connectivity index (χ1n) is 7.33. The summed E-state index contributed by atoms with van der Waals surface area (Å²) >= 11 is 0. The van der Waals surface area contributed by atoms with Crippen LogP contribution >= 0.6 is 0 Å². The van der Waals surface area contributed by atoms with Crippen molar-refractivity contribution in [2.45, 2.75) is 45.7 Å². The van der Waals surface area contributed by atoms with Gasteiger partial charge in [0.25, 0.3) is 0 Å². The molecule has 106 valence electrons. The number of hydrogen-bond donors (Lipinski definition) is 1. The number of rotatable bonds is 9. The highest BCUT2D eigenvalue weighted by Crippen LogP contribution is 2.25. The number of aryl methyl sites for hydroxylation is 1. The molecule has 0 heterocycles. The predicted molar refractivity (Wildman–Crippen MR) is 77.6 cm³/mol. The first kappa shape index (κ1) is 14.4. The summed E-state index contributed by atoms with van der Waals surface area (Å²) in [6.45, 7) is 7.32. The first-order chi connectivity index (χ1) is 9.31. The van der Waals surface area contributed by atoms with E-state index in [1.165, 1.54) is 24.0 Å². The average molecular weight is 263 g/mol. The third kappa shape index (κ3) is 4.84. The van der Waals surface area contributed by atoms with Crippen LogP contribution < -0.4 is 10.1 Å². The molecule has 0 spiro atoms. The highest BCUT2D eigenvalue weighted by Gasteiger charge is 2.20. The molecule has 1 aromatic carbocycles. The van der Waals surface area contributed by atoms with E-state index >= 15 is 0 Å². The van der Waals surface area contributed by atoms with Crippen LogP contribution in [0.3, 0.4) is 0 Å². The van der Waals surface area contributed by atoms with Gasteiger partial charge in [-0.1, -0.05) is 18.2 Å². The summed E-state index contributed by atoms with van der Waals surface area (Å²) in [6, 6.07) is 7.09. The minimum absolute atomic E-state index is 0.723. The van der Waals surface area contributed by atoms with Crippen molar-refractivity contribution >= 4 is 0 Å². The Morgan fingerprint density at radius 3 is 2.84 bits per heavy atom. The van der Waals surface area contributed by atoms with Gasteiger partial charge < -0.3 is 14.8 Å². The molecule has 1 aliphatic rings. The summed E-state index contributed by atoms with van der Waals surface area (Å²) < 4.78 is 11.3. The highest BCUT2D eigenvalue weighted by molar-refractivity contribution is 5.40. The van der Waals surface area contributed by atoms with Gasteiger partial charge in [0.15, 0.2) is 0 Å². The Labute approximate surface area is 116 Å². The van der Waals surface area contributed by atoms with Gasteiger partial charge in [-0.25, -0.2) is 0 Å². The molecule has 19 heavy (non-hydrogen) atoms. The number of benzene rings is 1. The largest absolute Gasteiger partial charge is 0.493 e. The van der Waals surface area contributed by atoms with Crippen molar-refractivity contribution in [3.63, 3.8) is 0 Å². The lowest BCUT2D eigenvalue weighted by Crippen LogP contribution is -2.16. The molecule has 0 bridgehead atoms. The van der Waals surface area contributed by atoms with Crippen molar-refractivity contribution in [2.24, 2.45) is 0 Å². The molecule has 1 aliphatic carbocycles. The van der Waals surface area contributed by atoms with E-state index in [9.17, 15) is 0 Å². The summed E-state index contributed by atoms with van der Waals surface area (Å²) in [6.07, 6.45) is 3.57. The van der Waals surface area contributed by atoms with Crippen LogP contribution in [-0.4, -0.2) is 25.9 Å². The molecule has 0 radical (unpaired) electrons. The van der Waals surface area contributed by atoms with Crippen molar-refractivity contribution in [1.29, 1.82) is 0 Å². The maximum Gasteiger partial charge on any atom is 0.126 e. The number of ether oxygens (including phenoxy) is 2. The van der Waals surface area contributed by atoms with Gasteiger partial charge in [0.1, 0.15) is 5.75 Å². The predicted octanol–water partition coefficient (Wildman–Crippen LogP) is 3.05. The van der Waals surface area contributed by atoms with Crippen molar-refractivity contribution in [2.75, 3.05) is 19.8 Å². The molecule has 1 aromatic rings. The van der Waals surface area contributed by atoms with Crippen molar-refractivity contribution in [3.8, 4) is 5.75 Å². The van der Waals surface area contributed by atoms with Crippen LogP contribution in [0.1, 0.15) is 37.3 Å². The van der Waals surface area contributed by atoms with E-state index in [1.54, 1.807) is 0 Å². The van der Waals surface area contributed by atoms with E-state index in [0.29, 0.717) is 0 Å². The molecule has 2 rings (SSSR count). The van der Waals surface area contributed by atoms with Gasteiger partial charge in [-0.3, -0.25) is 0 Å². The molecule has 0 saturated heterocycles.